The average molecular weight is 615 g/mol. The number of carboxylic acid groups (broad SMARTS) is 1. The number of nitrogens with zero attached hydrogens (tertiary/aromatic N) is 1. The van der Waals surface area contributed by atoms with Crippen LogP contribution in [-0.4, -0.2) is 35.7 Å². The summed E-state index contributed by atoms with van der Waals surface area (Å²) >= 11 is 1.17. The van der Waals surface area contributed by atoms with E-state index in [-0.39, 0.29) is 22.4 Å². The molecule has 1 atom stereocenters. The second kappa shape index (κ2) is 16.9. The van der Waals surface area contributed by atoms with Crippen LogP contribution in [0.3, 0.4) is 0 Å². The van der Waals surface area contributed by atoms with Crippen molar-refractivity contribution in [2.24, 2.45) is 0 Å². The first-order valence-electron chi connectivity index (χ1n) is 14.7. The zero-order valence-electron chi connectivity index (χ0n) is 25.2. The fraction of sp³-hybridized carbons (Fsp3) is 0.424. The number of ether oxygens (including phenoxy) is 2. The Hall–Kier alpha value is -3.63. The number of carboxylic acids is 1. The predicted octanol–water partition coefficient (Wildman–Crippen LogP) is 9.06. The van der Waals surface area contributed by atoms with Crippen molar-refractivity contribution in [2.45, 2.75) is 78.2 Å². The summed E-state index contributed by atoms with van der Waals surface area (Å²) in [5, 5.41) is 13.6. The Balaban J connectivity index is 1.77. The summed E-state index contributed by atoms with van der Waals surface area (Å²) in [6, 6.07) is 7.54. The fourth-order valence-corrected chi connectivity index (χ4v) is 5.46. The van der Waals surface area contributed by atoms with Crippen molar-refractivity contribution in [1.82, 2.24) is 4.98 Å². The Bertz CT molecular complexity index is 1400. The summed E-state index contributed by atoms with van der Waals surface area (Å²) in [6.07, 6.45) is 10.1. The number of rotatable bonds is 17. The lowest BCUT2D eigenvalue weighted by Crippen LogP contribution is -2.13. The molecule has 2 N–H and O–H groups in total. The molecule has 3 rings (SSSR count). The molecule has 1 amide bonds. The Morgan fingerprint density at radius 2 is 1.74 bits per heavy atom. The lowest BCUT2D eigenvalue weighted by molar-refractivity contribution is -0.132. The molecule has 7 nitrogen and oxygen atoms in total. The first kappa shape index (κ1) is 33.9. The van der Waals surface area contributed by atoms with Gasteiger partial charge < -0.3 is 14.6 Å². The highest BCUT2D eigenvalue weighted by molar-refractivity contribution is 7.14. The number of unbranched alkanes of at least 4 members (excludes halogenated alkanes) is 6. The molecule has 1 aromatic heterocycles. The van der Waals surface area contributed by atoms with Crippen molar-refractivity contribution >= 4 is 34.4 Å². The molecule has 0 aliphatic carbocycles. The number of amides is 1. The highest BCUT2D eigenvalue weighted by atomic mass is 32.1. The largest absolute Gasteiger partial charge is 0.493 e. The number of methoxy groups -OCH3 is 1. The van der Waals surface area contributed by atoms with Crippen LogP contribution in [0.25, 0.3) is 17.3 Å². The predicted molar refractivity (Wildman–Crippen MR) is 167 cm³/mol. The van der Waals surface area contributed by atoms with Crippen molar-refractivity contribution in [3.63, 3.8) is 0 Å². The van der Waals surface area contributed by atoms with Gasteiger partial charge in [0.15, 0.2) is 5.13 Å². The fourth-order valence-electron chi connectivity index (χ4n) is 4.76. The van der Waals surface area contributed by atoms with E-state index in [1.165, 1.54) is 50.4 Å². The maximum absolute atomic E-state index is 14.6. The number of halogens is 2. The molecule has 0 aliphatic rings. The number of aliphatic carboxylic acids is 1. The van der Waals surface area contributed by atoms with Crippen LogP contribution in [0.4, 0.5) is 13.9 Å². The van der Waals surface area contributed by atoms with Crippen LogP contribution in [0.5, 0.6) is 5.75 Å². The van der Waals surface area contributed by atoms with Gasteiger partial charge in [0.25, 0.3) is 5.91 Å². The molecule has 1 heterocycles. The quantitative estimate of drug-likeness (QED) is 0.116. The molecule has 0 saturated carbocycles. The van der Waals surface area contributed by atoms with E-state index in [1.54, 1.807) is 12.5 Å². The van der Waals surface area contributed by atoms with Gasteiger partial charge in [-0.25, -0.2) is 18.6 Å². The number of para-hydroxylation sites is 1. The summed E-state index contributed by atoms with van der Waals surface area (Å²) in [5.74, 6) is -3.48. The van der Waals surface area contributed by atoms with E-state index in [0.29, 0.717) is 18.1 Å². The van der Waals surface area contributed by atoms with Gasteiger partial charge in [0.05, 0.1) is 18.4 Å². The van der Waals surface area contributed by atoms with Crippen molar-refractivity contribution < 1.29 is 33.0 Å². The minimum Gasteiger partial charge on any atom is -0.493 e. The van der Waals surface area contributed by atoms with Crippen LogP contribution in [-0.2, 0) is 9.53 Å². The number of anilines is 1. The molecule has 0 fully saturated rings. The first-order chi connectivity index (χ1) is 20.7. The highest BCUT2D eigenvalue weighted by Gasteiger charge is 2.22. The molecule has 1 unspecified atom stereocenters. The van der Waals surface area contributed by atoms with Gasteiger partial charge in [-0.1, -0.05) is 64.0 Å². The van der Waals surface area contributed by atoms with Crippen LogP contribution in [0.1, 0.15) is 99.7 Å². The summed E-state index contributed by atoms with van der Waals surface area (Å²) in [4.78, 5) is 28.4. The number of aromatic nitrogens is 1. The molecule has 0 aliphatic heterocycles. The van der Waals surface area contributed by atoms with Gasteiger partial charge in [0, 0.05) is 40.3 Å². The number of carbonyl (C=O) groups is 2. The smallest absolute Gasteiger partial charge is 0.331 e. The molecular formula is C33H40F2N2O5S. The van der Waals surface area contributed by atoms with E-state index in [1.807, 2.05) is 25.1 Å². The molecule has 43 heavy (non-hydrogen) atoms. The topological polar surface area (TPSA) is 97.8 Å². The van der Waals surface area contributed by atoms with Gasteiger partial charge in [-0.3, -0.25) is 10.1 Å². The number of thiazole rings is 1. The van der Waals surface area contributed by atoms with Gasteiger partial charge in [0.1, 0.15) is 17.4 Å². The first-order valence-corrected chi connectivity index (χ1v) is 15.5. The third-order valence-electron chi connectivity index (χ3n) is 7.08. The monoisotopic (exact) mass is 614 g/mol. The third kappa shape index (κ3) is 9.43. The van der Waals surface area contributed by atoms with E-state index in [9.17, 15) is 18.4 Å². The SMILES string of the molecule is CCCCCCCCCC(OC)c1cccc(-c2csc(NC(=O)c3cc(F)c(C=C(C)C(=O)O)c(F)c3)n2)c1OCC. The molecule has 0 radical (unpaired) electrons. The van der Waals surface area contributed by atoms with Crippen LogP contribution in [0.15, 0.2) is 41.3 Å². The molecule has 2 aromatic carbocycles. The van der Waals surface area contributed by atoms with Gasteiger partial charge in [-0.15, -0.1) is 11.3 Å². The Morgan fingerprint density at radius 3 is 2.37 bits per heavy atom. The number of hydrogen-bond donors (Lipinski definition) is 2. The maximum Gasteiger partial charge on any atom is 0.331 e. The second-order valence-corrected chi connectivity index (χ2v) is 11.1. The molecular weight excluding hydrogens is 574 g/mol. The number of carbonyl (C=O) groups excluding carboxylic acids is 1. The summed E-state index contributed by atoms with van der Waals surface area (Å²) in [5.41, 5.74) is 1.23. The Morgan fingerprint density at radius 1 is 1.07 bits per heavy atom. The van der Waals surface area contributed by atoms with Gasteiger partial charge in [-0.05, 0) is 44.5 Å². The van der Waals surface area contributed by atoms with Gasteiger partial charge in [-0.2, -0.15) is 0 Å². The lowest BCUT2D eigenvalue weighted by Gasteiger charge is -2.21. The van der Waals surface area contributed by atoms with Crippen molar-refractivity contribution in [3.05, 3.63) is 69.6 Å². The number of nitrogens with one attached hydrogen (secondary N) is 1. The summed E-state index contributed by atoms with van der Waals surface area (Å²) in [7, 11) is 1.70. The molecule has 10 heteroatoms. The molecule has 3 aromatic rings. The normalized spacial score (nSPS) is 12.3. The van der Waals surface area contributed by atoms with E-state index in [0.717, 1.165) is 48.6 Å². The van der Waals surface area contributed by atoms with Crippen LogP contribution < -0.4 is 10.1 Å². The van der Waals surface area contributed by atoms with Gasteiger partial charge >= 0.3 is 5.97 Å². The minimum absolute atomic E-state index is 0.142. The summed E-state index contributed by atoms with van der Waals surface area (Å²) < 4.78 is 41.1. The lowest BCUT2D eigenvalue weighted by atomic mass is 9.98. The molecule has 0 bridgehead atoms. The Labute approximate surface area is 256 Å². The van der Waals surface area contributed by atoms with Crippen molar-refractivity contribution in [1.29, 1.82) is 0 Å². The number of benzene rings is 2. The molecule has 0 saturated heterocycles. The van der Waals surface area contributed by atoms with E-state index in [4.69, 9.17) is 14.6 Å². The summed E-state index contributed by atoms with van der Waals surface area (Å²) in [6.45, 7) is 5.79. The van der Waals surface area contributed by atoms with E-state index < -0.39 is 29.1 Å². The zero-order chi connectivity index (χ0) is 31.4. The minimum atomic E-state index is -1.30. The molecule has 0 spiro atoms. The van der Waals surface area contributed by atoms with Gasteiger partial charge in [0.2, 0.25) is 0 Å². The zero-order valence-corrected chi connectivity index (χ0v) is 26.0. The average Bonchev–Trinajstić information content (AvgIpc) is 3.44. The number of hydrogen-bond acceptors (Lipinski definition) is 6. The van der Waals surface area contributed by atoms with E-state index in [2.05, 4.69) is 17.2 Å². The van der Waals surface area contributed by atoms with Crippen molar-refractivity contribution in [2.75, 3.05) is 19.0 Å². The second-order valence-electron chi connectivity index (χ2n) is 10.3. The maximum atomic E-state index is 14.6. The van der Waals surface area contributed by atoms with E-state index >= 15 is 0 Å². The van der Waals surface area contributed by atoms with Crippen LogP contribution in [0.2, 0.25) is 0 Å². The third-order valence-corrected chi connectivity index (χ3v) is 7.83. The van der Waals surface area contributed by atoms with Crippen LogP contribution in [0, 0.1) is 11.6 Å². The highest BCUT2D eigenvalue weighted by Crippen LogP contribution is 2.40. The van der Waals surface area contributed by atoms with Crippen molar-refractivity contribution in [3.8, 4) is 17.0 Å². The van der Waals surface area contributed by atoms with Crippen LogP contribution >= 0.6 is 11.3 Å². The molecule has 232 valence electrons. The Kier molecular flexibility index (Phi) is 13.3. The standard InChI is InChI=1S/C33H40F2N2O5S/c1-5-7-8-9-10-11-12-16-29(41-4)24-15-13-14-23(30(24)42-6-2)28-20-43-33(36-28)37-31(38)22-18-26(34)25(27(35)19-22)17-21(3)32(39)40/h13-15,17-20,29H,5-12,16H2,1-4H3,(H,39,40)(H,36,37,38).